The van der Waals surface area contributed by atoms with E-state index in [2.05, 4.69) is 5.32 Å². The number of benzene rings is 2. The number of para-hydroxylation sites is 1. The van der Waals surface area contributed by atoms with Crippen molar-refractivity contribution in [2.24, 2.45) is 0 Å². The largest absolute Gasteiger partial charge is 0.492 e. The van der Waals surface area contributed by atoms with Gasteiger partial charge in [-0.15, -0.1) is 0 Å². The van der Waals surface area contributed by atoms with Crippen LogP contribution in [0.5, 0.6) is 5.75 Å². The SMILES string of the molecule is Fc1ccc(CN[C@H]2COc3ccccc3C2)c(F)c1. The van der Waals surface area contributed by atoms with Crippen LogP contribution in [-0.2, 0) is 13.0 Å². The second kappa shape index (κ2) is 5.59. The second-order valence-electron chi connectivity index (χ2n) is 4.94. The van der Waals surface area contributed by atoms with E-state index >= 15 is 0 Å². The molecule has 2 nitrogen and oxygen atoms in total. The summed E-state index contributed by atoms with van der Waals surface area (Å²) in [5.74, 6) is -0.158. The van der Waals surface area contributed by atoms with E-state index in [4.69, 9.17) is 4.74 Å². The second-order valence-corrected chi connectivity index (χ2v) is 4.94. The zero-order valence-corrected chi connectivity index (χ0v) is 10.9. The van der Waals surface area contributed by atoms with Crippen LogP contribution in [0.15, 0.2) is 42.5 Å². The van der Waals surface area contributed by atoms with E-state index in [-0.39, 0.29) is 6.04 Å². The molecular formula is C16H15F2NO. The number of hydrogen-bond acceptors (Lipinski definition) is 2. The van der Waals surface area contributed by atoms with Crippen molar-refractivity contribution in [1.29, 1.82) is 0 Å². The molecule has 3 rings (SSSR count). The predicted molar refractivity (Wildman–Crippen MR) is 72.6 cm³/mol. The minimum Gasteiger partial charge on any atom is -0.492 e. The molecule has 0 aliphatic carbocycles. The minimum atomic E-state index is -0.554. The highest BCUT2D eigenvalue weighted by molar-refractivity contribution is 5.35. The number of fused-ring (bicyclic) bond motifs is 1. The lowest BCUT2D eigenvalue weighted by atomic mass is 10.0. The highest BCUT2D eigenvalue weighted by Gasteiger charge is 2.19. The van der Waals surface area contributed by atoms with Gasteiger partial charge in [-0.3, -0.25) is 0 Å². The molecule has 4 heteroatoms. The normalized spacial score (nSPS) is 17.4. The van der Waals surface area contributed by atoms with Gasteiger partial charge in [0.25, 0.3) is 0 Å². The van der Waals surface area contributed by atoms with Gasteiger partial charge in [-0.25, -0.2) is 8.78 Å². The number of halogens is 2. The van der Waals surface area contributed by atoms with Gasteiger partial charge < -0.3 is 10.1 Å². The number of ether oxygens (including phenoxy) is 1. The van der Waals surface area contributed by atoms with Gasteiger partial charge in [-0.1, -0.05) is 24.3 Å². The Morgan fingerprint density at radius 3 is 2.85 bits per heavy atom. The quantitative estimate of drug-likeness (QED) is 0.929. The highest BCUT2D eigenvalue weighted by atomic mass is 19.1. The van der Waals surface area contributed by atoms with Gasteiger partial charge in [0.15, 0.2) is 0 Å². The molecule has 2 aromatic carbocycles. The van der Waals surface area contributed by atoms with Crippen LogP contribution < -0.4 is 10.1 Å². The van der Waals surface area contributed by atoms with Crippen LogP contribution in [0, 0.1) is 11.6 Å². The number of rotatable bonds is 3. The lowest BCUT2D eigenvalue weighted by molar-refractivity contribution is 0.237. The average Bonchev–Trinajstić information content (AvgIpc) is 2.46. The highest BCUT2D eigenvalue weighted by Crippen LogP contribution is 2.24. The molecule has 104 valence electrons. The van der Waals surface area contributed by atoms with Crippen molar-refractivity contribution in [2.75, 3.05) is 6.61 Å². The maximum absolute atomic E-state index is 13.5. The van der Waals surface area contributed by atoms with E-state index in [1.807, 2.05) is 24.3 Å². The van der Waals surface area contributed by atoms with Crippen LogP contribution >= 0.6 is 0 Å². The van der Waals surface area contributed by atoms with Gasteiger partial charge in [0.05, 0.1) is 0 Å². The van der Waals surface area contributed by atoms with E-state index in [0.29, 0.717) is 18.7 Å². The molecule has 0 unspecified atom stereocenters. The molecule has 0 spiro atoms. The lowest BCUT2D eigenvalue weighted by Crippen LogP contribution is -2.39. The van der Waals surface area contributed by atoms with Crippen molar-refractivity contribution in [2.45, 2.75) is 19.0 Å². The van der Waals surface area contributed by atoms with E-state index < -0.39 is 11.6 Å². The summed E-state index contributed by atoms with van der Waals surface area (Å²) < 4.78 is 32.0. The van der Waals surface area contributed by atoms with Gasteiger partial charge in [0.1, 0.15) is 24.0 Å². The Kier molecular flexibility index (Phi) is 3.65. The van der Waals surface area contributed by atoms with Crippen LogP contribution in [0.2, 0.25) is 0 Å². The summed E-state index contributed by atoms with van der Waals surface area (Å²) in [6, 6.07) is 11.7. The number of hydrogen-bond donors (Lipinski definition) is 1. The molecule has 1 atom stereocenters. The van der Waals surface area contributed by atoms with Crippen LogP contribution in [-0.4, -0.2) is 12.6 Å². The summed E-state index contributed by atoms with van der Waals surface area (Å²) in [5, 5.41) is 3.25. The van der Waals surface area contributed by atoms with Crippen LogP contribution in [0.25, 0.3) is 0 Å². The average molecular weight is 275 g/mol. The first-order valence-electron chi connectivity index (χ1n) is 6.60. The fourth-order valence-corrected chi connectivity index (χ4v) is 2.38. The molecule has 20 heavy (non-hydrogen) atoms. The number of nitrogens with one attached hydrogen (secondary N) is 1. The molecule has 1 N–H and O–H groups in total. The molecule has 0 aromatic heterocycles. The van der Waals surface area contributed by atoms with E-state index in [0.717, 1.165) is 23.8 Å². The summed E-state index contributed by atoms with van der Waals surface area (Å²) >= 11 is 0. The van der Waals surface area contributed by atoms with Crippen molar-refractivity contribution in [3.05, 3.63) is 65.2 Å². The molecule has 1 aliphatic heterocycles. The monoisotopic (exact) mass is 275 g/mol. The molecule has 0 bridgehead atoms. The molecule has 0 radical (unpaired) electrons. The first-order valence-corrected chi connectivity index (χ1v) is 6.60. The van der Waals surface area contributed by atoms with Gasteiger partial charge >= 0.3 is 0 Å². The Morgan fingerprint density at radius 1 is 1.15 bits per heavy atom. The summed E-state index contributed by atoms with van der Waals surface area (Å²) in [7, 11) is 0. The Labute approximate surface area is 116 Å². The van der Waals surface area contributed by atoms with Gasteiger partial charge in [-0.05, 0) is 24.1 Å². The molecular weight excluding hydrogens is 260 g/mol. The molecule has 0 amide bonds. The Hall–Kier alpha value is -1.94. The van der Waals surface area contributed by atoms with Crippen molar-refractivity contribution in [1.82, 2.24) is 5.32 Å². The standard InChI is InChI=1S/C16H15F2NO/c17-13-6-5-12(15(18)8-13)9-19-14-7-11-3-1-2-4-16(11)20-10-14/h1-6,8,14,19H,7,9-10H2/t14-/m1/s1. The third kappa shape index (κ3) is 2.80. The van der Waals surface area contributed by atoms with Gasteiger partial charge in [0, 0.05) is 24.2 Å². The third-order valence-corrected chi connectivity index (χ3v) is 3.48. The van der Waals surface area contributed by atoms with Crippen LogP contribution in [0.4, 0.5) is 8.78 Å². The van der Waals surface area contributed by atoms with Crippen molar-refractivity contribution in [3.63, 3.8) is 0 Å². The predicted octanol–water partition coefficient (Wildman–Crippen LogP) is 3.06. The lowest BCUT2D eigenvalue weighted by Gasteiger charge is -2.26. The maximum Gasteiger partial charge on any atom is 0.130 e. The zero-order chi connectivity index (χ0) is 13.9. The zero-order valence-electron chi connectivity index (χ0n) is 10.9. The van der Waals surface area contributed by atoms with E-state index in [1.54, 1.807) is 0 Å². The molecule has 1 heterocycles. The molecule has 0 saturated heterocycles. The van der Waals surface area contributed by atoms with Gasteiger partial charge in [0.2, 0.25) is 0 Å². The summed E-state index contributed by atoms with van der Waals surface area (Å²) in [5.41, 5.74) is 1.61. The van der Waals surface area contributed by atoms with Crippen molar-refractivity contribution >= 4 is 0 Å². The third-order valence-electron chi connectivity index (χ3n) is 3.48. The molecule has 0 saturated carbocycles. The van der Waals surface area contributed by atoms with Gasteiger partial charge in [-0.2, -0.15) is 0 Å². The molecule has 0 fully saturated rings. The summed E-state index contributed by atoms with van der Waals surface area (Å²) in [6.45, 7) is 0.919. The van der Waals surface area contributed by atoms with E-state index in [9.17, 15) is 8.78 Å². The molecule has 1 aliphatic rings. The molecule has 2 aromatic rings. The first-order chi connectivity index (χ1) is 9.72. The van der Waals surface area contributed by atoms with Crippen LogP contribution in [0.1, 0.15) is 11.1 Å². The fraction of sp³-hybridized carbons (Fsp3) is 0.250. The smallest absolute Gasteiger partial charge is 0.130 e. The van der Waals surface area contributed by atoms with Crippen LogP contribution in [0.3, 0.4) is 0 Å². The Morgan fingerprint density at radius 2 is 2.00 bits per heavy atom. The topological polar surface area (TPSA) is 21.3 Å². The van der Waals surface area contributed by atoms with E-state index in [1.165, 1.54) is 12.1 Å². The Bertz CT molecular complexity index is 615. The summed E-state index contributed by atoms with van der Waals surface area (Å²) in [4.78, 5) is 0. The minimum absolute atomic E-state index is 0.134. The maximum atomic E-state index is 13.5. The van der Waals surface area contributed by atoms with Crippen molar-refractivity contribution in [3.8, 4) is 5.75 Å². The van der Waals surface area contributed by atoms with Crippen molar-refractivity contribution < 1.29 is 13.5 Å². The fourth-order valence-electron chi connectivity index (χ4n) is 2.38. The summed E-state index contributed by atoms with van der Waals surface area (Å²) in [6.07, 6.45) is 0.846. The first kappa shape index (κ1) is 13.1. The Balaban J connectivity index is 1.63.